The zero-order valence-corrected chi connectivity index (χ0v) is 12.3. The van der Waals surface area contributed by atoms with Crippen LogP contribution in [0, 0.1) is 0 Å². The lowest BCUT2D eigenvalue weighted by molar-refractivity contribution is 0.199. The third-order valence-electron chi connectivity index (χ3n) is 3.57. The molecule has 0 aliphatic carbocycles. The number of nitrogens with zero attached hydrogens (tertiary/aromatic N) is 5. The fraction of sp³-hybridized carbons (Fsp3) is 0.333. The van der Waals surface area contributed by atoms with Gasteiger partial charge in [-0.2, -0.15) is 9.83 Å². The molecule has 110 valence electrons. The van der Waals surface area contributed by atoms with Gasteiger partial charge in [0.1, 0.15) is 12.7 Å². The van der Waals surface area contributed by atoms with Crippen molar-refractivity contribution in [1.82, 2.24) is 24.4 Å². The molecule has 0 atom stereocenters. The molecule has 1 N–H and O–H groups in total. The molecule has 0 saturated heterocycles. The summed E-state index contributed by atoms with van der Waals surface area (Å²) in [4.78, 5) is 6.09. The van der Waals surface area contributed by atoms with E-state index in [1.807, 2.05) is 26.2 Å². The molecular formula is C15H19N5O. The summed E-state index contributed by atoms with van der Waals surface area (Å²) in [6.45, 7) is 1.63. The van der Waals surface area contributed by atoms with E-state index < -0.39 is 0 Å². The maximum absolute atomic E-state index is 9.98. The van der Waals surface area contributed by atoms with Crippen LogP contribution in [-0.2, 0) is 13.0 Å². The van der Waals surface area contributed by atoms with Crippen LogP contribution in [0.3, 0.4) is 0 Å². The van der Waals surface area contributed by atoms with Crippen molar-refractivity contribution < 1.29 is 5.21 Å². The highest BCUT2D eigenvalue weighted by molar-refractivity contribution is 5.84. The smallest absolute Gasteiger partial charge is 0.137 e. The number of likely N-dealkylation sites (N-methyl/N-ethyl adjacent to an activating group) is 1. The van der Waals surface area contributed by atoms with Crippen molar-refractivity contribution in [3.8, 4) is 0 Å². The molecule has 2 aromatic heterocycles. The van der Waals surface area contributed by atoms with Gasteiger partial charge in [0.25, 0.3) is 0 Å². The second kappa shape index (κ2) is 5.57. The second-order valence-corrected chi connectivity index (χ2v) is 5.50. The van der Waals surface area contributed by atoms with E-state index in [9.17, 15) is 5.21 Å². The van der Waals surface area contributed by atoms with Gasteiger partial charge in [0, 0.05) is 18.1 Å². The van der Waals surface area contributed by atoms with Crippen LogP contribution < -0.4 is 0 Å². The second-order valence-electron chi connectivity index (χ2n) is 5.50. The van der Waals surface area contributed by atoms with Crippen molar-refractivity contribution in [1.29, 1.82) is 0 Å². The molecule has 6 nitrogen and oxygen atoms in total. The molecule has 0 amide bonds. The largest absolute Gasteiger partial charge is 0.428 e. The first kappa shape index (κ1) is 13.6. The molecule has 0 aliphatic heterocycles. The summed E-state index contributed by atoms with van der Waals surface area (Å²) in [7, 11) is 4.10. The van der Waals surface area contributed by atoms with Gasteiger partial charge in [-0.3, -0.25) is 0 Å². The highest BCUT2D eigenvalue weighted by atomic mass is 16.5. The molecule has 3 aromatic rings. The van der Waals surface area contributed by atoms with E-state index in [-0.39, 0.29) is 0 Å². The number of hydrogen-bond donors (Lipinski definition) is 1. The summed E-state index contributed by atoms with van der Waals surface area (Å²) in [5.74, 6) is 0. The minimum absolute atomic E-state index is 0.680. The van der Waals surface area contributed by atoms with Crippen LogP contribution in [0.4, 0.5) is 0 Å². The molecule has 0 fully saturated rings. The Morgan fingerprint density at radius 3 is 2.86 bits per heavy atom. The van der Waals surface area contributed by atoms with Gasteiger partial charge in [0.2, 0.25) is 0 Å². The fourth-order valence-corrected chi connectivity index (χ4v) is 2.47. The molecule has 0 saturated carbocycles. The maximum Gasteiger partial charge on any atom is 0.137 e. The summed E-state index contributed by atoms with van der Waals surface area (Å²) in [5, 5.41) is 15.2. The Bertz CT molecular complexity index is 730. The quantitative estimate of drug-likeness (QED) is 0.724. The molecule has 2 heterocycles. The Balaban J connectivity index is 1.92. The van der Waals surface area contributed by atoms with Gasteiger partial charge in [-0.1, -0.05) is 6.07 Å². The lowest BCUT2D eigenvalue weighted by Gasteiger charge is -2.08. The highest BCUT2D eigenvalue weighted by Crippen LogP contribution is 2.23. The van der Waals surface area contributed by atoms with E-state index in [4.69, 9.17) is 0 Å². The SMILES string of the molecule is CN(C)CCc1cn(O)c2ccc(Cn3cncn3)cc12. The van der Waals surface area contributed by atoms with Crippen LogP contribution in [0.2, 0.25) is 0 Å². The molecular weight excluding hydrogens is 266 g/mol. The lowest BCUT2D eigenvalue weighted by Crippen LogP contribution is -2.14. The molecule has 0 spiro atoms. The van der Waals surface area contributed by atoms with Crippen LogP contribution in [-0.4, -0.2) is 50.2 Å². The minimum atomic E-state index is 0.680. The van der Waals surface area contributed by atoms with E-state index in [1.54, 1.807) is 17.2 Å². The van der Waals surface area contributed by atoms with Gasteiger partial charge in [-0.05, 0) is 43.8 Å². The number of benzene rings is 1. The van der Waals surface area contributed by atoms with Gasteiger partial charge in [-0.25, -0.2) is 9.67 Å². The van der Waals surface area contributed by atoms with Crippen LogP contribution in [0.5, 0.6) is 0 Å². The van der Waals surface area contributed by atoms with Crippen LogP contribution in [0.25, 0.3) is 10.9 Å². The predicted octanol–water partition coefficient (Wildman–Crippen LogP) is 1.62. The summed E-state index contributed by atoms with van der Waals surface area (Å²) >= 11 is 0. The van der Waals surface area contributed by atoms with Gasteiger partial charge >= 0.3 is 0 Å². The number of hydrogen-bond acceptors (Lipinski definition) is 4. The van der Waals surface area contributed by atoms with E-state index >= 15 is 0 Å². The first-order valence-corrected chi connectivity index (χ1v) is 6.93. The van der Waals surface area contributed by atoms with Crippen LogP contribution in [0.1, 0.15) is 11.1 Å². The predicted molar refractivity (Wildman–Crippen MR) is 80.5 cm³/mol. The molecule has 0 bridgehead atoms. The Morgan fingerprint density at radius 2 is 2.14 bits per heavy atom. The van der Waals surface area contributed by atoms with Crippen LogP contribution in [0.15, 0.2) is 37.1 Å². The van der Waals surface area contributed by atoms with E-state index in [0.29, 0.717) is 6.54 Å². The molecule has 0 unspecified atom stereocenters. The Labute approximate surface area is 123 Å². The zero-order valence-electron chi connectivity index (χ0n) is 12.3. The average Bonchev–Trinajstić information content (AvgIpc) is 3.05. The maximum atomic E-state index is 9.98. The van der Waals surface area contributed by atoms with Gasteiger partial charge in [0.05, 0.1) is 12.1 Å². The van der Waals surface area contributed by atoms with Crippen molar-refractivity contribution in [3.63, 3.8) is 0 Å². The molecule has 0 radical (unpaired) electrons. The Hall–Kier alpha value is -2.34. The fourth-order valence-electron chi connectivity index (χ4n) is 2.47. The number of aromatic nitrogens is 4. The average molecular weight is 285 g/mol. The highest BCUT2D eigenvalue weighted by Gasteiger charge is 2.09. The lowest BCUT2D eigenvalue weighted by atomic mass is 10.1. The summed E-state index contributed by atoms with van der Waals surface area (Å²) in [6.07, 6.45) is 5.94. The molecule has 6 heteroatoms. The van der Waals surface area contributed by atoms with E-state index in [1.165, 1.54) is 11.1 Å². The summed E-state index contributed by atoms with van der Waals surface area (Å²) in [5.41, 5.74) is 3.14. The zero-order chi connectivity index (χ0) is 14.8. The monoisotopic (exact) mass is 285 g/mol. The van der Waals surface area contributed by atoms with Gasteiger partial charge in [0.15, 0.2) is 0 Å². The Kier molecular flexibility index (Phi) is 3.62. The topological polar surface area (TPSA) is 59.1 Å². The summed E-state index contributed by atoms with van der Waals surface area (Å²) in [6, 6.07) is 6.07. The van der Waals surface area contributed by atoms with Crippen molar-refractivity contribution >= 4 is 10.9 Å². The van der Waals surface area contributed by atoms with Crippen molar-refractivity contribution in [2.24, 2.45) is 0 Å². The van der Waals surface area contributed by atoms with E-state index in [0.717, 1.165) is 35.0 Å². The normalized spacial score (nSPS) is 11.6. The summed E-state index contributed by atoms with van der Waals surface area (Å²) < 4.78 is 3.00. The Morgan fingerprint density at radius 1 is 1.29 bits per heavy atom. The van der Waals surface area contributed by atoms with Crippen molar-refractivity contribution in [2.75, 3.05) is 20.6 Å². The number of fused-ring (bicyclic) bond motifs is 1. The number of rotatable bonds is 5. The molecule has 21 heavy (non-hydrogen) atoms. The third kappa shape index (κ3) is 2.90. The minimum Gasteiger partial charge on any atom is -0.428 e. The van der Waals surface area contributed by atoms with E-state index in [2.05, 4.69) is 21.0 Å². The molecule has 3 rings (SSSR count). The first-order valence-electron chi connectivity index (χ1n) is 6.93. The molecule has 0 aliphatic rings. The van der Waals surface area contributed by atoms with Crippen molar-refractivity contribution in [2.45, 2.75) is 13.0 Å². The standard InChI is InChI=1S/C15H19N5O/c1-18(2)6-5-13-9-20(21)15-4-3-12(7-14(13)15)8-19-11-16-10-17-19/h3-4,7,9-11,21H,5-6,8H2,1-2H3. The van der Waals surface area contributed by atoms with Gasteiger partial charge in [-0.15, -0.1) is 0 Å². The first-order chi connectivity index (χ1) is 10.1. The molecule has 1 aromatic carbocycles. The third-order valence-corrected chi connectivity index (χ3v) is 3.57. The van der Waals surface area contributed by atoms with Gasteiger partial charge < -0.3 is 10.1 Å². The van der Waals surface area contributed by atoms with Crippen molar-refractivity contribution in [3.05, 3.63) is 48.2 Å². The van der Waals surface area contributed by atoms with Crippen LogP contribution >= 0.6 is 0 Å².